The van der Waals surface area contributed by atoms with Crippen molar-refractivity contribution in [2.24, 2.45) is 5.10 Å². The molecule has 1 amide bonds. The van der Waals surface area contributed by atoms with E-state index in [2.05, 4.69) is 33.1 Å². The molecule has 3 aromatic rings. The number of halogens is 1. The smallest absolute Gasteiger partial charge is 0.335 e. The Labute approximate surface area is 192 Å². The van der Waals surface area contributed by atoms with E-state index in [4.69, 9.17) is 14.6 Å². The molecule has 3 rings (SSSR count). The Kier molecular flexibility index (Phi) is 7.60. The van der Waals surface area contributed by atoms with Crippen molar-refractivity contribution in [2.75, 3.05) is 7.11 Å². The SMILES string of the molecule is COc1cc(C(=O)NN=Cc2ccc(OCc3ccc(C(=O)O)cc3)cc2)ccc1I. The summed E-state index contributed by atoms with van der Waals surface area (Å²) in [6, 6.07) is 18.9. The van der Waals surface area contributed by atoms with E-state index in [0.717, 1.165) is 14.7 Å². The Morgan fingerprint density at radius 1 is 1.03 bits per heavy atom. The summed E-state index contributed by atoms with van der Waals surface area (Å²) in [6.45, 7) is 0.322. The molecule has 0 saturated heterocycles. The number of amides is 1. The third-order valence-electron chi connectivity index (χ3n) is 4.28. The van der Waals surface area contributed by atoms with Crippen molar-refractivity contribution < 1.29 is 24.2 Å². The minimum atomic E-state index is -0.959. The summed E-state index contributed by atoms with van der Waals surface area (Å²) in [7, 11) is 1.56. The van der Waals surface area contributed by atoms with Gasteiger partial charge in [-0.25, -0.2) is 10.2 Å². The second-order valence-electron chi connectivity index (χ2n) is 6.41. The second-order valence-corrected chi connectivity index (χ2v) is 7.57. The zero-order valence-electron chi connectivity index (χ0n) is 16.5. The van der Waals surface area contributed by atoms with Gasteiger partial charge in [0.2, 0.25) is 0 Å². The Bertz CT molecular complexity index is 1100. The van der Waals surface area contributed by atoms with Crippen LogP contribution in [0.2, 0.25) is 0 Å². The molecule has 0 atom stereocenters. The van der Waals surface area contributed by atoms with E-state index in [1.165, 1.54) is 6.21 Å². The molecule has 0 aromatic heterocycles. The molecule has 31 heavy (non-hydrogen) atoms. The van der Waals surface area contributed by atoms with Gasteiger partial charge in [-0.05, 0) is 88.3 Å². The topological polar surface area (TPSA) is 97.2 Å². The van der Waals surface area contributed by atoms with Crippen LogP contribution in [0.15, 0.2) is 71.8 Å². The highest BCUT2D eigenvalue weighted by molar-refractivity contribution is 14.1. The van der Waals surface area contributed by atoms with E-state index in [-0.39, 0.29) is 11.5 Å². The number of carbonyl (C=O) groups excluding carboxylic acids is 1. The zero-order chi connectivity index (χ0) is 22.2. The minimum Gasteiger partial charge on any atom is -0.496 e. The van der Waals surface area contributed by atoms with E-state index >= 15 is 0 Å². The summed E-state index contributed by atoms with van der Waals surface area (Å²) < 4.78 is 11.8. The molecule has 0 spiro atoms. The number of methoxy groups -OCH3 is 1. The predicted octanol–water partition coefficient (Wildman–Crippen LogP) is 4.34. The Balaban J connectivity index is 1.52. The lowest BCUT2D eigenvalue weighted by atomic mass is 10.1. The van der Waals surface area contributed by atoms with Crippen LogP contribution in [-0.2, 0) is 6.61 Å². The zero-order valence-corrected chi connectivity index (χ0v) is 18.7. The van der Waals surface area contributed by atoms with Crippen molar-refractivity contribution in [3.63, 3.8) is 0 Å². The van der Waals surface area contributed by atoms with Crippen LogP contribution in [0.5, 0.6) is 11.5 Å². The number of hydrogen-bond donors (Lipinski definition) is 2. The van der Waals surface area contributed by atoms with Gasteiger partial charge < -0.3 is 14.6 Å². The third-order valence-corrected chi connectivity index (χ3v) is 5.17. The highest BCUT2D eigenvalue weighted by Gasteiger charge is 2.08. The van der Waals surface area contributed by atoms with E-state index in [1.54, 1.807) is 61.7 Å². The average Bonchev–Trinajstić information content (AvgIpc) is 2.79. The molecule has 8 heteroatoms. The molecule has 3 aromatic carbocycles. The van der Waals surface area contributed by atoms with Gasteiger partial charge in [-0.3, -0.25) is 4.79 Å². The predicted molar refractivity (Wildman–Crippen MR) is 125 cm³/mol. The van der Waals surface area contributed by atoms with Crippen molar-refractivity contribution in [3.8, 4) is 11.5 Å². The highest BCUT2D eigenvalue weighted by atomic mass is 127. The first-order valence-corrected chi connectivity index (χ1v) is 10.3. The molecule has 0 heterocycles. The molecule has 0 bridgehead atoms. The second kappa shape index (κ2) is 10.6. The lowest BCUT2D eigenvalue weighted by molar-refractivity contribution is 0.0696. The van der Waals surface area contributed by atoms with Crippen LogP contribution in [-0.4, -0.2) is 30.3 Å². The molecule has 158 valence electrons. The van der Waals surface area contributed by atoms with E-state index in [0.29, 0.717) is 23.7 Å². The normalized spacial score (nSPS) is 10.6. The Morgan fingerprint density at radius 2 is 1.71 bits per heavy atom. The molecule has 0 unspecified atom stereocenters. The molecular formula is C23H19IN2O5. The van der Waals surface area contributed by atoms with Crippen molar-refractivity contribution >= 4 is 40.7 Å². The first kappa shape index (κ1) is 22.3. The van der Waals surface area contributed by atoms with Gasteiger partial charge in [-0.2, -0.15) is 5.10 Å². The van der Waals surface area contributed by atoms with Gasteiger partial charge in [0.15, 0.2) is 0 Å². The van der Waals surface area contributed by atoms with Gasteiger partial charge >= 0.3 is 5.97 Å². The van der Waals surface area contributed by atoms with Crippen molar-refractivity contribution in [1.82, 2.24) is 5.43 Å². The molecule has 0 saturated carbocycles. The summed E-state index contributed by atoms with van der Waals surface area (Å²) >= 11 is 2.13. The van der Waals surface area contributed by atoms with Gasteiger partial charge in [0.25, 0.3) is 5.91 Å². The average molecular weight is 530 g/mol. The van der Waals surface area contributed by atoms with Crippen molar-refractivity contribution in [3.05, 3.63) is 92.6 Å². The summed E-state index contributed by atoms with van der Waals surface area (Å²) in [4.78, 5) is 23.1. The maximum Gasteiger partial charge on any atom is 0.335 e. The molecule has 0 fully saturated rings. The monoisotopic (exact) mass is 530 g/mol. The lowest BCUT2D eigenvalue weighted by Gasteiger charge is -2.07. The number of carbonyl (C=O) groups is 2. The molecule has 7 nitrogen and oxygen atoms in total. The number of rotatable bonds is 8. The maximum atomic E-state index is 12.2. The number of carboxylic acids is 1. The molecule has 0 aliphatic carbocycles. The van der Waals surface area contributed by atoms with Gasteiger partial charge in [0, 0.05) is 5.56 Å². The van der Waals surface area contributed by atoms with Crippen LogP contribution in [0, 0.1) is 3.57 Å². The standard InChI is InChI=1S/C23H19IN2O5/c1-30-21-12-18(8-11-20(21)24)22(27)26-25-13-15-4-9-19(10-5-15)31-14-16-2-6-17(7-3-16)23(28)29/h2-13H,14H2,1H3,(H,26,27)(H,28,29). The fourth-order valence-corrected chi connectivity index (χ4v) is 3.15. The van der Waals surface area contributed by atoms with E-state index < -0.39 is 5.97 Å². The molecule has 0 radical (unpaired) electrons. The van der Waals surface area contributed by atoms with Crippen LogP contribution < -0.4 is 14.9 Å². The summed E-state index contributed by atoms with van der Waals surface area (Å²) in [5, 5.41) is 12.9. The van der Waals surface area contributed by atoms with E-state index in [9.17, 15) is 9.59 Å². The Hall–Kier alpha value is -3.40. The van der Waals surface area contributed by atoms with Crippen molar-refractivity contribution in [1.29, 1.82) is 0 Å². The molecule has 0 aliphatic rings. The van der Waals surface area contributed by atoms with Crippen LogP contribution in [0.4, 0.5) is 0 Å². The number of hydrogen-bond acceptors (Lipinski definition) is 5. The number of aromatic carboxylic acids is 1. The third kappa shape index (κ3) is 6.29. The van der Waals surface area contributed by atoms with Gasteiger partial charge in [-0.15, -0.1) is 0 Å². The van der Waals surface area contributed by atoms with E-state index in [1.807, 2.05) is 12.1 Å². The summed E-state index contributed by atoms with van der Waals surface area (Å²) in [6.07, 6.45) is 1.54. The summed E-state index contributed by atoms with van der Waals surface area (Å²) in [5.41, 5.74) is 4.84. The maximum absolute atomic E-state index is 12.2. The first-order valence-electron chi connectivity index (χ1n) is 9.18. The fraction of sp³-hybridized carbons (Fsp3) is 0.0870. The largest absolute Gasteiger partial charge is 0.496 e. The lowest BCUT2D eigenvalue weighted by Crippen LogP contribution is -2.17. The highest BCUT2D eigenvalue weighted by Crippen LogP contribution is 2.21. The number of ether oxygens (including phenoxy) is 2. The van der Waals surface area contributed by atoms with Gasteiger partial charge in [0.1, 0.15) is 18.1 Å². The molecule has 2 N–H and O–H groups in total. The quantitative estimate of drug-likeness (QED) is 0.257. The van der Waals surface area contributed by atoms with Crippen LogP contribution in [0.25, 0.3) is 0 Å². The number of benzene rings is 3. The number of hydrazone groups is 1. The molecule has 0 aliphatic heterocycles. The molecular weight excluding hydrogens is 511 g/mol. The van der Waals surface area contributed by atoms with Gasteiger partial charge in [-0.1, -0.05) is 12.1 Å². The number of carboxylic acid groups (broad SMARTS) is 1. The van der Waals surface area contributed by atoms with Gasteiger partial charge in [0.05, 0.1) is 22.5 Å². The fourth-order valence-electron chi connectivity index (χ4n) is 2.59. The Morgan fingerprint density at radius 3 is 2.35 bits per heavy atom. The number of nitrogens with one attached hydrogen (secondary N) is 1. The van der Waals surface area contributed by atoms with Crippen LogP contribution in [0.3, 0.4) is 0 Å². The number of nitrogens with zero attached hydrogens (tertiary/aromatic N) is 1. The van der Waals surface area contributed by atoms with Crippen LogP contribution >= 0.6 is 22.6 Å². The summed E-state index contributed by atoms with van der Waals surface area (Å²) in [5.74, 6) is -0.000809. The first-order chi connectivity index (χ1) is 15.0. The van der Waals surface area contributed by atoms with Crippen molar-refractivity contribution in [2.45, 2.75) is 6.61 Å². The minimum absolute atomic E-state index is 0.237. The van der Waals surface area contributed by atoms with Crippen LogP contribution in [0.1, 0.15) is 31.8 Å².